The molecule has 2 heterocycles. The lowest BCUT2D eigenvalue weighted by atomic mass is 10.1. The molecule has 0 radical (unpaired) electrons. The van der Waals surface area contributed by atoms with Gasteiger partial charge in [0.2, 0.25) is 0 Å². The summed E-state index contributed by atoms with van der Waals surface area (Å²) < 4.78 is 0. The highest BCUT2D eigenvalue weighted by Gasteiger charge is 2.16. The minimum Gasteiger partial charge on any atom is -0.478 e. The van der Waals surface area contributed by atoms with Crippen molar-refractivity contribution in [2.45, 2.75) is 25.7 Å². The van der Waals surface area contributed by atoms with Gasteiger partial charge in [0.15, 0.2) is 0 Å². The molecule has 0 spiro atoms. The monoisotopic (exact) mass is 270 g/mol. The van der Waals surface area contributed by atoms with Gasteiger partial charge >= 0.3 is 5.97 Å². The number of para-hydroxylation sites is 1. The minimum absolute atomic E-state index is 0.342. The zero-order valence-corrected chi connectivity index (χ0v) is 11.4. The Hall–Kier alpha value is -2.10. The van der Waals surface area contributed by atoms with Gasteiger partial charge in [-0.25, -0.2) is 9.78 Å². The van der Waals surface area contributed by atoms with Gasteiger partial charge in [-0.3, -0.25) is 0 Å². The first-order valence-corrected chi connectivity index (χ1v) is 7.14. The summed E-state index contributed by atoms with van der Waals surface area (Å²) in [5, 5.41) is 10.1. The summed E-state index contributed by atoms with van der Waals surface area (Å²) in [5.74, 6) is -0.0947. The Bertz CT molecular complexity index is 631. The van der Waals surface area contributed by atoms with Crippen molar-refractivity contribution in [3.05, 3.63) is 35.9 Å². The molecule has 1 aliphatic rings. The highest BCUT2D eigenvalue weighted by Crippen LogP contribution is 2.24. The third-order valence-corrected chi connectivity index (χ3v) is 3.86. The first-order valence-electron chi connectivity index (χ1n) is 7.14. The zero-order valence-electron chi connectivity index (χ0n) is 11.4. The smallest absolute Gasteiger partial charge is 0.336 e. The van der Waals surface area contributed by atoms with Crippen molar-refractivity contribution in [3.63, 3.8) is 0 Å². The van der Waals surface area contributed by atoms with E-state index in [1.165, 1.54) is 12.8 Å². The molecule has 0 amide bonds. The van der Waals surface area contributed by atoms with Gasteiger partial charge in [-0.2, -0.15) is 0 Å². The number of carboxylic acid groups (broad SMARTS) is 1. The number of rotatable bonds is 2. The van der Waals surface area contributed by atoms with Gasteiger partial charge in [0.25, 0.3) is 0 Å². The van der Waals surface area contributed by atoms with Crippen LogP contribution in [0.4, 0.5) is 5.82 Å². The van der Waals surface area contributed by atoms with E-state index >= 15 is 0 Å². The quantitative estimate of drug-likeness (QED) is 0.909. The summed E-state index contributed by atoms with van der Waals surface area (Å²) in [7, 11) is 0. The molecular weight excluding hydrogens is 252 g/mol. The maximum absolute atomic E-state index is 11.5. The summed E-state index contributed by atoms with van der Waals surface area (Å²) in [6, 6.07) is 9.16. The lowest BCUT2D eigenvalue weighted by Crippen LogP contribution is -2.25. The molecule has 0 saturated carbocycles. The fourth-order valence-electron chi connectivity index (χ4n) is 2.80. The average Bonchev–Trinajstić information content (AvgIpc) is 2.75. The molecule has 0 unspecified atom stereocenters. The standard InChI is InChI=1S/C16H18N2O2/c19-16(20)13-11-15(18-9-5-1-2-6-10-18)17-14-8-4-3-7-12(13)14/h3-4,7-8,11H,1-2,5-6,9-10H2,(H,19,20). The highest BCUT2D eigenvalue weighted by molar-refractivity contribution is 6.03. The molecule has 0 aliphatic carbocycles. The van der Waals surface area contributed by atoms with Crippen molar-refractivity contribution in [1.82, 2.24) is 4.98 Å². The molecule has 4 heteroatoms. The lowest BCUT2D eigenvalue weighted by Gasteiger charge is -2.22. The third-order valence-electron chi connectivity index (χ3n) is 3.86. The number of fused-ring (bicyclic) bond motifs is 1. The Morgan fingerprint density at radius 1 is 1.10 bits per heavy atom. The van der Waals surface area contributed by atoms with Crippen molar-refractivity contribution in [2.75, 3.05) is 18.0 Å². The van der Waals surface area contributed by atoms with Crippen molar-refractivity contribution in [2.24, 2.45) is 0 Å². The maximum Gasteiger partial charge on any atom is 0.336 e. The van der Waals surface area contributed by atoms with Gasteiger partial charge in [-0.15, -0.1) is 0 Å². The minimum atomic E-state index is -0.889. The number of carbonyl (C=O) groups is 1. The first-order chi connectivity index (χ1) is 9.75. The molecule has 0 bridgehead atoms. The van der Waals surface area contributed by atoms with E-state index in [-0.39, 0.29) is 0 Å². The van der Waals surface area contributed by atoms with Crippen LogP contribution in [-0.4, -0.2) is 29.1 Å². The number of anilines is 1. The van der Waals surface area contributed by atoms with Crippen LogP contribution in [0.25, 0.3) is 10.9 Å². The number of hydrogen-bond donors (Lipinski definition) is 1. The molecule has 1 aromatic carbocycles. The Morgan fingerprint density at radius 2 is 1.80 bits per heavy atom. The number of carboxylic acids is 1. The molecule has 2 aromatic rings. The lowest BCUT2D eigenvalue weighted by molar-refractivity contribution is 0.0699. The number of nitrogens with zero attached hydrogens (tertiary/aromatic N) is 2. The van der Waals surface area contributed by atoms with E-state index in [0.29, 0.717) is 10.9 Å². The summed E-state index contributed by atoms with van der Waals surface area (Å²) >= 11 is 0. The Kier molecular flexibility index (Phi) is 3.54. The van der Waals surface area contributed by atoms with Crippen LogP contribution in [0.3, 0.4) is 0 Å². The summed E-state index contributed by atoms with van der Waals surface area (Å²) in [5.41, 5.74) is 1.10. The first kappa shape index (κ1) is 12.9. The van der Waals surface area contributed by atoms with Crippen molar-refractivity contribution in [3.8, 4) is 0 Å². The van der Waals surface area contributed by atoms with E-state index in [2.05, 4.69) is 9.88 Å². The van der Waals surface area contributed by atoms with Gasteiger partial charge in [-0.1, -0.05) is 31.0 Å². The SMILES string of the molecule is O=C(O)c1cc(N2CCCCCC2)nc2ccccc12. The molecule has 3 rings (SSSR count). The second kappa shape index (κ2) is 5.49. The third kappa shape index (κ3) is 2.46. The molecule has 1 saturated heterocycles. The van der Waals surface area contributed by atoms with Crippen LogP contribution in [0.15, 0.2) is 30.3 Å². The molecule has 0 atom stereocenters. The van der Waals surface area contributed by atoms with Crippen LogP contribution in [0.2, 0.25) is 0 Å². The van der Waals surface area contributed by atoms with Crippen LogP contribution >= 0.6 is 0 Å². The largest absolute Gasteiger partial charge is 0.478 e. The number of benzene rings is 1. The van der Waals surface area contributed by atoms with E-state index < -0.39 is 5.97 Å². The number of hydrogen-bond acceptors (Lipinski definition) is 3. The fraction of sp³-hybridized carbons (Fsp3) is 0.375. The van der Waals surface area contributed by atoms with Crippen LogP contribution < -0.4 is 4.90 Å². The maximum atomic E-state index is 11.5. The van der Waals surface area contributed by atoms with Crippen molar-refractivity contribution in [1.29, 1.82) is 0 Å². The van der Waals surface area contributed by atoms with Gasteiger partial charge in [-0.05, 0) is 25.0 Å². The van der Waals surface area contributed by atoms with Crippen LogP contribution in [0.5, 0.6) is 0 Å². The van der Waals surface area contributed by atoms with E-state index in [1.807, 2.05) is 24.3 Å². The van der Waals surface area contributed by atoms with Gasteiger partial charge < -0.3 is 10.0 Å². The molecule has 1 aliphatic heterocycles. The second-order valence-electron chi connectivity index (χ2n) is 5.25. The highest BCUT2D eigenvalue weighted by atomic mass is 16.4. The normalized spacial score (nSPS) is 16.1. The average molecular weight is 270 g/mol. The molecule has 104 valence electrons. The van der Waals surface area contributed by atoms with E-state index in [0.717, 1.165) is 37.3 Å². The van der Waals surface area contributed by atoms with Crippen LogP contribution in [-0.2, 0) is 0 Å². The number of pyridine rings is 1. The topological polar surface area (TPSA) is 53.4 Å². The van der Waals surface area contributed by atoms with Crippen molar-refractivity contribution < 1.29 is 9.90 Å². The number of aromatic carboxylic acids is 1. The summed E-state index contributed by atoms with van der Waals surface area (Å²) in [4.78, 5) is 18.3. The second-order valence-corrected chi connectivity index (χ2v) is 5.25. The molecule has 1 aromatic heterocycles. The van der Waals surface area contributed by atoms with Crippen LogP contribution in [0.1, 0.15) is 36.0 Å². The van der Waals surface area contributed by atoms with E-state index in [1.54, 1.807) is 6.07 Å². The molecule has 1 fully saturated rings. The Labute approximate surface area is 118 Å². The molecular formula is C16H18N2O2. The molecule has 1 N–H and O–H groups in total. The van der Waals surface area contributed by atoms with Gasteiger partial charge in [0.1, 0.15) is 5.82 Å². The van der Waals surface area contributed by atoms with E-state index in [4.69, 9.17) is 0 Å². The number of aromatic nitrogens is 1. The molecule has 20 heavy (non-hydrogen) atoms. The summed E-state index contributed by atoms with van der Waals surface area (Å²) in [6.07, 6.45) is 4.79. The van der Waals surface area contributed by atoms with Gasteiger partial charge in [0.05, 0.1) is 11.1 Å². The van der Waals surface area contributed by atoms with Crippen molar-refractivity contribution >= 4 is 22.7 Å². The summed E-state index contributed by atoms with van der Waals surface area (Å²) in [6.45, 7) is 1.93. The zero-order chi connectivity index (χ0) is 13.9. The Balaban J connectivity index is 2.09. The molecule has 4 nitrogen and oxygen atoms in total. The Morgan fingerprint density at radius 3 is 2.50 bits per heavy atom. The van der Waals surface area contributed by atoms with Gasteiger partial charge in [0, 0.05) is 18.5 Å². The predicted octanol–water partition coefficient (Wildman–Crippen LogP) is 3.31. The predicted molar refractivity (Wildman–Crippen MR) is 79.4 cm³/mol. The fourth-order valence-corrected chi connectivity index (χ4v) is 2.80. The van der Waals surface area contributed by atoms with E-state index in [9.17, 15) is 9.90 Å². The van der Waals surface area contributed by atoms with Crippen LogP contribution in [0, 0.1) is 0 Å².